The molecule has 7 heteroatoms. The van der Waals surface area contributed by atoms with Crippen LogP contribution in [0.25, 0.3) is 11.4 Å². The van der Waals surface area contributed by atoms with Gasteiger partial charge in [-0.15, -0.1) is 0 Å². The van der Waals surface area contributed by atoms with Gasteiger partial charge in [-0.1, -0.05) is 5.16 Å². The maximum atomic E-state index is 11.7. The number of amides is 1. The fourth-order valence-corrected chi connectivity index (χ4v) is 1.87. The van der Waals surface area contributed by atoms with Gasteiger partial charge in [0.25, 0.3) is 5.91 Å². The monoisotopic (exact) mass is 305 g/mol. The number of hydrogen-bond donors (Lipinski definition) is 1. The van der Waals surface area contributed by atoms with Gasteiger partial charge in [-0.3, -0.25) is 4.79 Å². The Morgan fingerprint density at radius 2 is 2.09 bits per heavy atom. The summed E-state index contributed by atoms with van der Waals surface area (Å²) < 4.78 is 15.3. The van der Waals surface area contributed by atoms with Crippen molar-refractivity contribution in [2.75, 3.05) is 20.3 Å². The van der Waals surface area contributed by atoms with Crippen LogP contribution in [0, 0.1) is 6.92 Å². The highest BCUT2D eigenvalue weighted by atomic mass is 16.5. The number of aryl methyl sites for hydroxylation is 1. The van der Waals surface area contributed by atoms with Crippen LogP contribution >= 0.6 is 0 Å². The number of rotatable bonds is 7. The third-order valence-electron chi connectivity index (χ3n) is 2.83. The topological polar surface area (TPSA) is 86.5 Å². The predicted octanol–water partition coefficient (Wildman–Crippen LogP) is 1.57. The predicted molar refractivity (Wildman–Crippen MR) is 79.4 cm³/mol. The molecule has 0 aliphatic carbocycles. The van der Waals surface area contributed by atoms with Crippen LogP contribution in [0.15, 0.2) is 28.8 Å². The van der Waals surface area contributed by atoms with E-state index in [1.54, 1.807) is 26.2 Å². The lowest BCUT2D eigenvalue weighted by atomic mass is 10.2. The zero-order chi connectivity index (χ0) is 15.9. The lowest BCUT2D eigenvalue weighted by Crippen LogP contribution is -2.38. The molecular formula is C15H19N3O4. The van der Waals surface area contributed by atoms with Gasteiger partial charge in [-0.2, -0.15) is 4.98 Å². The van der Waals surface area contributed by atoms with Gasteiger partial charge in [0.05, 0.1) is 6.61 Å². The van der Waals surface area contributed by atoms with E-state index in [2.05, 4.69) is 15.5 Å². The number of ether oxygens (including phenoxy) is 2. The van der Waals surface area contributed by atoms with Crippen molar-refractivity contribution in [1.82, 2.24) is 15.5 Å². The van der Waals surface area contributed by atoms with Crippen LogP contribution in [0.4, 0.5) is 0 Å². The van der Waals surface area contributed by atoms with E-state index in [1.807, 2.05) is 19.1 Å². The molecule has 0 fully saturated rings. The summed E-state index contributed by atoms with van der Waals surface area (Å²) in [6.45, 7) is 4.01. The number of nitrogens with one attached hydrogen (secondary N) is 1. The molecule has 1 aromatic heterocycles. The van der Waals surface area contributed by atoms with Crippen LogP contribution in [0.3, 0.4) is 0 Å². The van der Waals surface area contributed by atoms with Crippen molar-refractivity contribution in [3.63, 3.8) is 0 Å². The smallest absolute Gasteiger partial charge is 0.258 e. The zero-order valence-corrected chi connectivity index (χ0v) is 12.8. The van der Waals surface area contributed by atoms with Crippen molar-refractivity contribution in [2.24, 2.45) is 0 Å². The second-order valence-electron chi connectivity index (χ2n) is 4.87. The summed E-state index contributed by atoms with van der Waals surface area (Å²) in [5, 5.41) is 6.61. The van der Waals surface area contributed by atoms with E-state index in [4.69, 9.17) is 14.0 Å². The van der Waals surface area contributed by atoms with Crippen molar-refractivity contribution >= 4 is 5.91 Å². The third kappa shape index (κ3) is 4.56. The molecule has 0 radical (unpaired) electrons. The Kier molecular flexibility index (Phi) is 5.48. The van der Waals surface area contributed by atoms with Gasteiger partial charge >= 0.3 is 0 Å². The molecule has 2 aromatic rings. The molecule has 0 saturated carbocycles. The Labute approximate surface area is 128 Å². The summed E-state index contributed by atoms with van der Waals surface area (Å²) in [4.78, 5) is 15.8. The normalized spacial score (nSPS) is 12.0. The molecule has 1 heterocycles. The summed E-state index contributed by atoms with van der Waals surface area (Å²) in [7, 11) is 1.59. The number of benzene rings is 1. The maximum absolute atomic E-state index is 11.7. The second kappa shape index (κ2) is 7.56. The fraction of sp³-hybridized carbons (Fsp3) is 0.400. The van der Waals surface area contributed by atoms with Crippen LogP contribution in [0.5, 0.6) is 5.75 Å². The highest BCUT2D eigenvalue weighted by Crippen LogP contribution is 2.19. The van der Waals surface area contributed by atoms with Crippen molar-refractivity contribution < 1.29 is 18.8 Å². The summed E-state index contributed by atoms with van der Waals surface area (Å²) in [5.41, 5.74) is 0.822. The Bertz CT molecular complexity index is 610. The minimum absolute atomic E-state index is 0.0469. The third-order valence-corrected chi connectivity index (χ3v) is 2.83. The number of carbonyl (C=O) groups excluding carboxylic acids is 1. The van der Waals surface area contributed by atoms with Gasteiger partial charge < -0.3 is 19.3 Å². The maximum Gasteiger partial charge on any atom is 0.258 e. The molecule has 1 aromatic carbocycles. The minimum atomic E-state index is -0.192. The summed E-state index contributed by atoms with van der Waals surface area (Å²) in [5.74, 6) is 1.44. The second-order valence-corrected chi connectivity index (χ2v) is 4.87. The lowest BCUT2D eigenvalue weighted by Gasteiger charge is -2.13. The van der Waals surface area contributed by atoms with E-state index in [0.717, 1.165) is 5.56 Å². The Balaban J connectivity index is 1.85. The van der Waals surface area contributed by atoms with E-state index in [0.29, 0.717) is 24.1 Å². The van der Waals surface area contributed by atoms with Gasteiger partial charge in [-0.25, -0.2) is 0 Å². The average Bonchev–Trinajstić information content (AvgIpc) is 2.92. The molecule has 0 bridgehead atoms. The first-order chi connectivity index (χ1) is 10.6. The quantitative estimate of drug-likeness (QED) is 0.835. The Morgan fingerprint density at radius 1 is 1.36 bits per heavy atom. The molecule has 1 unspecified atom stereocenters. The molecule has 0 spiro atoms. The highest BCUT2D eigenvalue weighted by molar-refractivity contribution is 5.77. The number of carbonyl (C=O) groups is 1. The van der Waals surface area contributed by atoms with Gasteiger partial charge in [0, 0.05) is 25.6 Å². The van der Waals surface area contributed by atoms with E-state index in [9.17, 15) is 4.79 Å². The van der Waals surface area contributed by atoms with Crippen molar-refractivity contribution in [2.45, 2.75) is 19.9 Å². The van der Waals surface area contributed by atoms with Gasteiger partial charge in [0.1, 0.15) is 5.75 Å². The highest BCUT2D eigenvalue weighted by Gasteiger charge is 2.09. The van der Waals surface area contributed by atoms with Crippen molar-refractivity contribution in [3.05, 3.63) is 30.2 Å². The Morgan fingerprint density at radius 3 is 2.68 bits per heavy atom. The largest absolute Gasteiger partial charge is 0.484 e. The summed E-state index contributed by atoms with van der Waals surface area (Å²) in [6.07, 6.45) is 0. The van der Waals surface area contributed by atoms with Crippen LogP contribution in [-0.4, -0.2) is 42.4 Å². The number of nitrogens with zero attached hydrogens (tertiary/aromatic N) is 2. The van der Waals surface area contributed by atoms with Gasteiger partial charge in [0.2, 0.25) is 11.7 Å². The molecule has 2 rings (SSSR count). The number of hydrogen-bond acceptors (Lipinski definition) is 6. The summed E-state index contributed by atoms with van der Waals surface area (Å²) in [6, 6.07) is 7.08. The van der Waals surface area contributed by atoms with Crippen LogP contribution < -0.4 is 10.1 Å². The molecular weight excluding hydrogens is 286 g/mol. The summed E-state index contributed by atoms with van der Waals surface area (Å²) >= 11 is 0. The molecule has 1 amide bonds. The van der Waals surface area contributed by atoms with Crippen molar-refractivity contribution in [1.29, 1.82) is 0 Å². The molecule has 22 heavy (non-hydrogen) atoms. The zero-order valence-electron chi connectivity index (χ0n) is 12.8. The molecule has 1 N–H and O–H groups in total. The molecule has 0 saturated heterocycles. The number of aromatic nitrogens is 2. The van der Waals surface area contributed by atoms with Crippen molar-refractivity contribution in [3.8, 4) is 17.1 Å². The van der Waals surface area contributed by atoms with Gasteiger partial charge in [-0.05, 0) is 31.2 Å². The first-order valence-corrected chi connectivity index (χ1v) is 6.90. The van der Waals surface area contributed by atoms with E-state index in [-0.39, 0.29) is 18.6 Å². The fourth-order valence-electron chi connectivity index (χ4n) is 1.87. The SMILES string of the molecule is COCC(C)NC(=O)COc1ccc(-c2noc(C)n2)cc1. The first kappa shape index (κ1) is 16.0. The molecule has 118 valence electrons. The molecule has 1 atom stereocenters. The molecule has 7 nitrogen and oxygen atoms in total. The Hall–Kier alpha value is -2.41. The van der Waals surface area contributed by atoms with E-state index < -0.39 is 0 Å². The van der Waals surface area contributed by atoms with Gasteiger partial charge in [0.15, 0.2) is 6.61 Å². The van der Waals surface area contributed by atoms with Crippen LogP contribution in [0.1, 0.15) is 12.8 Å². The molecule has 0 aliphatic heterocycles. The average molecular weight is 305 g/mol. The molecule has 0 aliphatic rings. The van der Waals surface area contributed by atoms with E-state index in [1.165, 1.54) is 0 Å². The lowest BCUT2D eigenvalue weighted by molar-refractivity contribution is -0.124. The standard InChI is InChI=1S/C15H19N3O4/c1-10(8-20-3)16-14(19)9-21-13-6-4-12(5-7-13)15-17-11(2)22-18-15/h4-7,10H,8-9H2,1-3H3,(H,16,19). The number of methoxy groups -OCH3 is 1. The van der Waals surface area contributed by atoms with Crippen LogP contribution in [0.2, 0.25) is 0 Å². The first-order valence-electron chi connectivity index (χ1n) is 6.90. The van der Waals surface area contributed by atoms with E-state index >= 15 is 0 Å². The van der Waals surface area contributed by atoms with Crippen LogP contribution in [-0.2, 0) is 9.53 Å². The minimum Gasteiger partial charge on any atom is -0.484 e.